The van der Waals surface area contributed by atoms with Crippen LogP contribution in [0.15, 0.2) is 46.6 Å². The Balaban J connectivity index is 1.87. The van der Waals surface area contributed by atoms with Gasteiger partial charge in [-0.1, -0.05) is 23.7 Å². The van der Waals surface area contributed by atoms with Gasteiger partial charge in [-0.2, -0.15) is 0 Å². The molecule has 2 aromatic carbocycles. The van der Waals surface area contributed by atoms with E-state index in [0.717, 1.165) is 15.6 Å². The number of rotatable bonds is 5. The van der Waals surface area contributed by atoms with Crippen LogP contribution in [0.5, 0.6) is 11.5 Å². The summed E-state index contributed by atoms with van der Waals surface area (Å²) in [5.74, 6) is 0.989. The Hall–Kier alpha value is -2.09. The van der Waals surface area contributed by atoms with Crippen LogP contribution in [0.25, 0.3) is 6.08 Å². The Kier molecular flexibility index (Phi) is 6.27. The molecule has 2 aromatic rings. The molecule has 5 nitrogen and oxygen atoms in total. The molecule has 1 aliphatic rings. The Morgan fingerprint density at radius 1 is 1.18 bits per heavy atom. The van der Waals surface area contributed by atoms with Gasteiger partial charge >= 0.3 is 0 Å². The SMILES string of the molecule is COc1cc(C=C2C(=O)N(C)C(=S)N2C)cc(Br)c1OCc1ccc(Cl)cc1. The lowest BCUT2D eigenvalue weighted by Crippen LogP contribution is -2.26. The summed E-state index contributed by atoms with van der Waals surface area (Å²) in [7, 11) is 5.00. The van der Waals surface area contributed by atoms with Gasteiger partial charge < -0.3 is 14.4 Å². The van der Waals surface area contributed by atoms with Crippen molar-refractivity contribution in [3.05, 3.63) is 62.7 Å². The van der Waals surface area contributed by atoms with Crippen LogP contribution in [-0.2, 0) is 11.4 Å². The van der Waals surface area contributed by atoms with Gasteiger partial charge in [-0.15, -0.1) is 0 Å². The molecule has 28 heavy (non-hydrogen) atoms. The molecule has 0 spiro atoms. The molecule has 1 fully saturated rings. The van der Waals surface area contributed by atoms with E-state index in [1.807, 2.05) is 36.4 Å². The molecular formula is C20H18BrClN2O3S. The maximum absolute atomic E-state index is 12.4. The molecule has 1 amide bonds. The lowest BCUT2D eigenvalue weighted by atomic mass is 10.1. The van der Waals surface area contributed by atoms with Gasteiger partial charge in [-0.25, -0.2) is 0 Å². The molecule has 3 rings (SSSR count). The van der Waals surface area contributed by atoms with Crippen LogP contribution in [0.1, 0.15) is 11.1 Å². The Bertz CT molecular complexity index is 963. The average Bonchev–Trinajstić information content (AvgIpc) is 2.86. The maximum Gasteiger partial charge on any atom is 0.276 e. The fourth-order valence-electron chi connectivity index (χ4n) is 2.75. The van der Waals surface area contributed by atoms with Crippen LogP contribution < -0.4 is 9.47 Å². The predicted octanol–water partition coefficient (Wildman–Crippen LogP) is 4.72. The monoisotopic (exact) mass is 480 g/mol. The molecule has 0 N–H and O–H groups in total. The van der Waals surface area contributed by atoms with Gasteiger partial charge in [0.2, 0.25) is 0 Å². The molecule has 0 unspecified atom stereocenters. The number of carbonyl (C=O) groups is 1. The van der Waals surface area contributed by atoms with E-state index in [1.54, 1.807) is 32.2 Å². The first-order valence-electron chi connectivity index (χ1n) is 8.34. The van der Waals surface area contributed by atoms with Gasteiger partial charge in [0, 0.05) is 19.1 Å². The summed E-state index contributed by atoms with van der Waals surface area (Å²) in [5, 5.41) is 1.14. The third-order valence-corrected chi connectivity index (χ3v) is 5.70. The van der Waals surface area contributed by atoms with Gasteiger partial charge in [0.15, 0.2) is 16.6 Å². The van der Waals surface area contributed by atoms with Crippen LogP contribution in [0.4, 0.5) is 0 Å². The third kappa shape index (κ3) is 4.16. The number of benzene rings is 2. The smallest absolute Gasteiger partial charge is 0.276 e. The fourth-order valence-corrected chi connectivity index (χ4v) is 3.63. The van der Waals surface area contributed by atoms with Gasteiger partial charge in [0.1, 0.15) is 12.3 Å². The summed E-state index contributed by atoms with van der Waals surface area (Å²) in [5.41, 5.74) is 2.27. The normalized spacial score (nSPS) is 15.5. The molecule has 0 saturated carbocycles. The minimum atomic E-state index is -0.148. The summed E-state index contributed by atoms with van der Waals surface area (Å²) < 4.78 is 12.2. The molecule has 0 atom stereocenters. The number of methoxy groups -OCH3 is 1. The quantitative estimate of drug-likeness (QED) is 0.457. The highest BCUT2D eigenvalue weighted by Gasteiger charge is 2.32. The number of amides is 1. The second kappa shape index (κ2) is 8.51. The lowest BCUT2D eigenvalue weighted by molar-refractivity contribution is -0.121. The number of hydrogen-bond donors (Lipinski definition) is 0. The zero-order valence-electron chi connectivity index (χ0n) is 15.5. The number of hydrogen-bond acceptors (Lipinski definition) is 4. The standard InChI is InChI=1S/C20H18BrClN2O3S/c1-23-16(19(25)24(2)20(23)28)9-13-8-15(21)18(17(10-13)26-3)27-11-12-4-6-14(22)7-5-12/h4-10H,11H2,1-3H3. The van der Waals surface area contributed by atoms with E-state index in [1.165, 1.54) is 4.90 Å². The molecule has 0 aromatic heterocycles. The first kappa shape index (κ1) is 20.6. The van der Waals surface area contributed by atoms with Gasteiger partial charge in [0.05, 0.1) is 11.6 Å². The lowest BCUT2D eigenvalue weighted by Gasteiger charge is -2.14. The second-order valence-corrected chi connectivity index (χ2v) is 7.84. The summed E-state index contributed by atoms with van der Waals surface area (Å²) in [6.45, 7) is 0.368. The molecule has 1 heterocycles. The van der Waals surface area contributed by atoms with E-state index in [2.05, 4.69) is 15.9 Å². The number of carbonyl (C=O) groups excluding carboxylic acids is 1. The Labute approximate surface area is 182 Å². The van der Waals surface area contributed by atoms with E-state index < -0.39 is 0 Å². The highest BCUT2D eigenvalue weighted by molar-refractivity contribution is 9.10. The van der Waals surface area contributed by atoms with E-state index in [-0.39, 0.29) is 5.91 Å². The summed E-state index contributed by atoms with van der Waals surface area (Å²) in [6, 6.07) is 11.1. The molecule has 0 bridgehead atoms. The number of nitrogens with zero attached hydrogens (tertiary/aromatic N) is 2. The zero-order valence-corrected chi connectivity index (χ0v) is 18.7. The summed E-state index contributed by atoms with van der Waals surface area (Å²) in [6.07, 6.45) is 1.77. The van der Waals surface area contributed by atoms with E-state index in [9.17, 15) is 4.79 Å². The predicted molar refractivity (Wildman–Crippen MR) is 118 cm³/mol. The van der Waals surface area contributed by atoms with E-state index >= 15 is 0 Å². The third-order valence-electron chi connectivity index (χ3n) is 4.31. The van der Waals surface area contributed by atoms with Crippen molar-refractivity contribution in [2.45, 2.75) is 6.61 Å². The van der Waals surface area contributed by atoms with Crippen molar-refractivity contribution in [3.8, 4) is 11.5 Å². The molecule has 8 heteroatoms. The Morgan fingerprint density at radius 3 is 2.43 bits per heavy atom. The van der Waals surface area contributed by atoms with Crippen LogP contribution in [0.3, 0.4) is 0 Å². The first-order chi connectivity index (χ1) is 13.3. The molecule has 0 aliphatic carbocycles. The van der Waals surface area contributed by atoms with Crippen molar-refractivity contribution < 1.29 is 14.3 Å². The fraction of sp³-hybridized carbons (Fsp3) is 0.200. The summed E-state index contributed by atoms with van der Waals surface area (Å²) >= 11 is 14.7. The molecule has 1 saturated heterocycles. The zero-order chi connectivity index (χ0) is 20.4. The van der Waals surface area contributed by atoms with Crippen molar-refractivity contribution >= 4 is 56.8 Å². The largest absolute Gasteiger partial charge is 0.493 e. The molecule has 0 radical (unpaired) electrons. The van der Waals surface area contributed by atoms with Gasteiger partial charge in [-0.3, -0.25) is 9.69 Å². The van der Waals surface area contributed by atoms with Crippen LogP contribution in [0.2, 0.25) is 5.02 Å². The van der Waals surface area contributed by atoms with Crippen LogP contribution >= 0.6 is 39.7 Å². The number of halogens is 2. The number of likely N-dealkylation sites (N-methyl/N-ethyl adjacent to an activating group) is 2. The van der Waals surface area contributed by atoms with Gasteiger partial charge in [0.25, 0.3) is 5.91 Å². The van der Waals surface area contributed by atoms with Crippen molar-refractivity contribution in [1.29, 1.82) is 0 Å². The average molecular weight is 482 g/mol. The van der Waals surface area contributed by atoms with E-state index in [4.69, 9.17) is 33.3 Å². The maximum atomic E-state index is 12.4. The van der Waals surface area contributed by atoms with Crippen molar-refractivity contribution in [1.82, 2.24) is 9.80 Å². The second-order valence-electron chi connectivity index (χ2n) is 6.18. The minimum absolute atomic E-state index is 0.148. The Morgan fingerprint density at radius 2 is 1.86 bits per heavy atom. The topological polar surface area (TPSA) is 42.0 Å². The van der Waals surface area contributed by atoms with Crippen LogP contribution in [0, 0.1) is 0 Å². The number of ether oxygens (including phenoxy) is 2. The summed E-state index contributed by atoms with van der Waals surface area (Å²) in [4.78, 5) is 15.5. The van der Waals surface area contributed by atoms with Crippen molar-refractivity contribution in [2.75, 3.05) is 21.2 Å². The van der Waals surface area contributed by atoms with E-state index in [0.29, 0.717) is 33.9 Å². The van der Waals surface area contributed by atoms with Crippen molar-refractivity contribution in [2.24, 2.45) is 0 Å². The van der Waals surface area contributed by atoms with Crippen molar-refractivity contribution in [3.63, 3.8) is 0 Å². The molecular weight excluding hydrogens is 464 g/mol. The highest BCUT2D eigenvalue weighted by Crippen LogP contribution is 2.38. The number of thiocarbonyl (C=S) groups is 1. The molecule has 146 valence electrons. The molecule has 1 aliphatic heterocycles. The first-order valence-corrected chi connectivity index (χ1v) is 9.92. The highest BCUT2D eigenvalue weighted by atomic mass is 79.9. The van der Waals surface area contributed by atoms with Crippen LogP contribution in [-0.4, -0.2) is 42.0 Å². The minimum Gasteiger partial charge on any atom is -0.493 e. The van der Waals surface area contributed by atoms with Gasteiger partial charge in [-0.05, 0) is 69.6 Å².